The van der Waals surface area contributed by atoms with Gasteiger partial charge in [0.2, 0.25) is 0 Å². The molecule has 84 valence electrons. The summed E-state index contributed by atoms with van der Waals surface area (Å²) in [5, 5.41) is 0.795. The second-order valence-corrected chi connectivity index (χ2v) is 4.14. The van der Waals surface area contributed by atoms with Gasteiger partial charge in [0.25, 0.3) is 0 Å². The van der Waals surface area contributed by atoms with E-state index in [1.54, 1.807) is 0 Å². The van der Waals surface area contributed by atoms with Gasteiger partial charge in [-0.1, -0.05) is 30.7 Å². The number of alkyl halides is 1. The molecule has 0 aliphatic heterocycles. The van der Waals surface area contributed by atoms with Crippen molar-refractivity contribution in [2.45, 2.75) is 26.1 Å². The van der Waals surface area contributed by atoms with Gasteiger partial charge in [0.05, 0.1) is 10.7 Å². The number of para-hydroxylation sites is 1. The molecule has 0 atom stereocenters. The minimum absolute atomic E-state index is 0.510. The molecule has 1 aromatic rings. The monoisotopic (exact) mass is 245 g/mol. The molecule has 0 heterocycles. The lowest BCUT2D eigenvalue weighted by atomic mass is 10.1. The maximum Gasteiger partial charge on any atom is 0.0642 e. The Morgan fingerprint density at radius 3 is 2.53 bits per heavy atom. The van der Waals surface area contributed by atoms with Crippen LogP contribution < -0.4 is 4.90 Å². The number of hydrogen-bond donors (Lipinski definition) is 0. The average molecular weight is 246 g/mol. The van der Waals surface area contributed by atoms with Crippen LogP contribution in [0, 0.1) is 0 Å². The van der Waals surface area contributed by atoms with Gasteiger partial charge in [0.15, 0.2) is 0 Å². The Morgan fingerprint density at radius 1 is 1.27 bits per heavy atom. The summed E-state index contributed by atoms with van der Waals surface area (Å²) in [5.74, 6) is 0.510. The van der Waals surface area contributed by atoms with Gasteiger partial charge in [-0.05, 0) is 25.0 Å². The van der Waals surface area contributed by atoms with Crippen molar-refractivity contribution >= 4 is 28.9 Å². The van der Waals surface area contributed by atoms with Crippen molar-refractivity contribution in [1.29, 1.82) is 0 Å². The largest absolute Gasteiger partial charge is 0.370 e. The second-order valence-electron chi connectivity index (χ2n) is 3.46. The second kappa shape index (κ2) is 6.24. The van der Waals surface area contributed by atoms with Crippen LogP contribution >= 0.6 is 23.2 Å². The highest BCUT2D eigenvalue weighted by Crippen LogP contribution is 2.30. The number of benzene rings is 1. The summed E-state index contributed by atoms with van der Waals surface area (Å²) in [6, 6.07) is 5.90. The fraction of sp³-hybridized carbons (Fsp3) is 0.500. The van der Waals surface area contributed by atoms with Crippen molar-refractivity contribution in [3.05, 3.63) is 28.8 Å². The van der Waals surface area contributed by atoms with Crippen molar-refractivity contribution < 1.29 is 0 Å². The zero-order chi connectivity index (χ0) is 11.3. The van der Waals surface area contributed by atoms with Crippen LogP contribution in [-0.2, 0) is 5.88 Å². The van der Waals surface area contributed by atoms with Gasteiger partial charge in [-0.15, -0.1) is 11.6 Å². The van der Waals surface area contributed by atoms with E-state index in [1.807, 2.05) is 18.2 Å². The Bertz CT molecular complexity index is 312. The summed E-state index contributed by atoms with van der Waals surface area (Å²) >= 11 is 12.1. The van der Waals surface area contributed by atoms with E-state index in [2.05, 4.69) is 18.7 Å². The van der Waals surface area contributed by atoms with Gasteiger partial charge in [0.1, 0.15) is 0 Å². The Labute approximate surface area is 102 Å². The molecule has 15 heavy (non-hydrogen) atoms. The first-order chi connectivity index (χ1) is 7.24. The predicted octanol–water partition coefficient (Wildman–Crippen LogP) is 4.32. The standard InChI is InChI=1S/C12H17Cl2N/c1-3-8-15(4-2)12-10(9-13)6-5-7-11(12)14/h5-7H,3-4,8-9H2,1-2H3. The number of anilines is 1. The number of hydrogen-bond acceptors (Lipinski definition) is 1. The molecule has 0 fully saturated rings. The van der Waals surface area contributed by atoms with Crippen molar-refractivity contribution in [2.24, 2.45) is 0 Å². The number of halogens is 2. The van der Waals surface area contributed by atoms with Crippen LogP contribution in [0.4, 0.5) is 5.69 Å². The first-order valence-corrected chi connectivity index (χ1v) is 6.24. The van der Waals surface area contributed by atoms with Gasteiger partial charge >= 0.3 is 0 Å². The zero-order valence-electron chi connectivity index (χ0n) is 9.26. The first kappa shape index (κ1) is 12.7. The third-order valence-electron chi connectivity index (χ3n) is 2.41. The van der Waals surface area contributed by atoms with Gasteiger partial charge in [-0.25, -0.2) is 0 Å². The zero-order valence-corrected chi connectivity index (χ0v) is 10.8. The van der Waals surface area contributed by atoms with Crippen molar-refractivity contribution in [3.63, 3.8) is 0 Å². The molecular formula is C12H17Cl2N. The van der Waals surface area contributed by atoms with Crippen LogP contribution in [0.15, 0.2) is 18.2 Å². The van der Waals surface area contributed by atoms with E-state index in [0.29, 0.717) is 5.88 Å². The molecule has 1 aromatic carbocycles. The quantitative estimate of drug-likeness (QED) is 0.699. The van der Waals surface area contributed by atoms with Crippen LogP contribution in [-0.4, -0.2) is 13.1 Å². The molecule has 0 radical (unpaired) electrons. The molecule has 0 amide bonds. The van der Waals surface area contributed by atoms with E-state index in [-0.39, 0.29) is 0 Å². The third kappa shape index (κ3) is 3.02. The SMILES string of the molecule is CCCN(CC)c1c(Cl)cccc1CCl. The van der Waals surface area contributed by atoms with E-state index < -0.39 is 0 Å². The van der Waals surface area contributed by atoms with Gasteiger partial charge < -0.3 is 4.90 Å². The topological polar surface area (TPSA) is 3.24 Å². The molecule has 0 saturated heterocycles. The normalized spacial score (nSPS) is 10.4. The molecule has 0 bridgehead atoms. The number of rotatable bonds is 5. The van der Waals surface area contributed by atoms with Crippen molar-refractivity contribution in [2.75, 3.05) is 18.0 Å². The summed E-state index contributed by atoms with van der Waals surface area (Å²) in [7, 11) is 0. The highest BCUT2D eigenvalue weighted by atomic mass is 35.5. The van der Waals surface area contributed by atoms with Crippen LogP contribution in [0.1, 0.15) is 25.8 Å². The van der Waals surface area contributed by atoms with E-state index in [4.69, 9.17) is 23.2 Å². The minimum atomic E-state index is 0.510. The predicted molar refractivity (Wildman–Crippen MR) is 69.2 cm³/mol. The van der Waals surface area contributed by atoms with Crippen molar-refractivity contribution in [3.8, 4) is 0 Å². The first-order valence-electron chi connectivity index (χ1n) is 5.32. The Balaban J connectivity index is 3.08. The van der Waals surface area contributed by atoms with E-state index in [9.17, 15) is 0 Å². The lowest BCUT2D eigenvalue weighted by Gasteiger charge is -2.25. The smallest absolute Gasteiger partial charge is 0.0642 e. The maximum absolute atomic E-state index is 6.22. The maximum atomic E-state index is 6.22. The highest BCUT2D eigenvalue weighted by Gasteiger charge is 2.11. The Morgan fingerprint density at radius 2 is 2.00 bits per heavy atom. The van der Waals surface area contributed by atoms with Crippen LogP contribution in [0.3, 0.4) is 0 Å². The fourth-order valence-corrected chi connectivity index (χ4v) is 2.25. The average Bonchev–Trinajstić information content (AvgIpc) is 2.26. The van der Waals surface area contributed by atoms with E-state index in [1.165, 1.54) is 0 Å². The molecule has 1 nitrogen and oxygen atoms in total. The lowest BCUT2D eigenvalue weighted by Crippen LogP contribution is -2.24. The highest BCUT2D eigenvalue weighted by molar-refractivity contribution is 6.33. The summed E-state index contributed by atoms with van der Waals surface area (Å²) in [6.07, 6.45) is 1.11. The molecule has 3 heteroatoms. The number of nitrogens with zero attached hydrogens (tertiary/aromatic N) is 1. The molecule has 0 spiro atoms. The lowest BCUT2D eigenvalue weighted by molar-refractivity contribution is 0.788. The van der Waals surface area contributed by atoms with E-state index >= 15 is 0 Å². The molecule has 0 saturated carbocycles. The fourth-order valence-electron chi connectivity index (χ4n) is 1.72. The molecular weight excluding hydrogens is 229 g/mol. The Kier molecular flexibility index (Phi) is 5.27. The molecule has 0 aromatic heterocycles. The minimum Gasteiger partial charge on any atom is -0.370 e. The van der Waals surface area contributed by atoms with Gasteiger partial charge in [-0.2, -0.15) is 0 Å². The summed E-state index contributed by atoms with van der Waals surface area (Å²) in [4.78, 5) is 2.28. The molecule has 0 unspecified atom stereocenters. The van der Waals surface area contributed by atoms with Gasteiger partial charge in [-0.3, -0.25) is 0 Å². The summed E-state index contributed by atoms with van der Waals surface area (Å²) in [6.45, 7) is 6.28. The van der Waals surface area contributed by atoms with Gasteiger partial charge in [0, 0.05) is 19.0 Å². The van der Waals surface area contributed by atoms with Crippen LogP contribution in [0.2, 0.25) is 5.02 Å². The van der Waals surface area contributed by atoms with E-state index in [0.717, 1.165) is 35.8 Å². The summed E-state index contributed by atoms with van der Waals surface area (Å²) in [5.41, 5.74) is 2.21. The molecule has 0 aliphatic rings. The molecule has 1 rings (SSSR count). The Hall–Kier alpha value is -0.400. The summed E-state index contributed by atoms with van der Waals surface area (Å²) < 4.78 is 0. The third-order valence-corrected chi connectivity index (χ3v) is 3.00. The van der Waals surface area contributed by atoms with Crippen LogP contribution in [0.25, 0.3) is 0 Å². The van der Waals surface area contributed by atoms with Crippen LogP contribution in [0.5, 0.6) is 0 Å². The molecule has 0 aliphatic carbocycles. The molecule has 0 N–H and O–H groups in total. The van der Waals surface area contributed by atoms with Crippen molar-refractivity contribution in [1.82, 2.24) is 0 Å².